The highest BCUT2D eigenvalue weighted by Crippen LogP contribution is 2.35. The Morgan fingerprint density at radius 2 is 2.16 bits per heavy atom. The minimum Gasteiger partial charge on any atom is -0.370 e. The first kappa shape index (κ1) is 14.0. The zero-order chi connectivity index (χ0) is 14.0. The summed E-state index contributed by atoms with van der Waals surface area (Å²) in [7, 11) is 0. The van der Waals surface area contributed by atoms with Gasteiger partial charge in [-0.1, -0.05) is 27.7 Å². The van der Waals surface area contributed by atoms with E-state index in [0.29, 0.717) is 17.5 Å². The molecule has 1 aliphatic heterocycles. The zero-order valence-electron chi connectivity index (χ0n) is 12.4. The predicted molar refractivity (Wildman–Crippen MR) is 78.6 cm³/mol. The average Bonchev–Trinajstić information content (AvgIpc) is 2.87. The molecule has 1 aliphatic rings. The van der Waals surface area contributed by atoms with Crippen LogP contribution in [0.3, 0.4) is 0 Å². The van der Waals surface area contributed by atoms with Gasteiger partial charge < -0.3 is 4.90 Å². The molecule has 0 amide bonds. The molecule has 1 atom stereocenters. The van der Waals surface area contributed by atoms with Crippen molar-refractivity contribution in [1.82, 2.24) is 4.98 Å². The molecule has 1 saturated heterocycles. The molecule has 0 aromatic carbocycles. The van der Waals surface area contributed by atoms with Gasteiger partial charge >= 0.3 is 0 Å². The van der Waals surface area contributed by atoms with Gasteiger partial charge in [0, 0.05) is 19.5 Å². The standard InChI is InChI=1S/C16H24N2O/c1-5-15(19)14-7-6-13(10-17-14)18-9-8-12(11-18)16(2,3)4/h6-7,10,12H,5,8-9,11H2,1-4H3. The molecule has 0 N–H and O–H groups in total. The minimum atomic E-state index is 0.112. The fraction of sp³-hybridized carbons (Fsp3) is 0.625. The first-order chi connectivity index (χ1) is 8.91. The van der Waals surface area contributed by atoms with Crippen LogP contribution in [0.1, 0.15) is 51.0 Å². The first-order valence-electron chi connectivity index (χ1n) is 7.16. The Hall–Kier alpha value is -1.38. The van der Waals surface area contributed by atoms with Crippen molar-refractivity contribution in [3.63, 3.8) is 0 Å². The maximum absolute atomic E-state index is 11.6. The van der Waals surface area contributed by atoms with Crippen molar-refractivity contribution >= 4 is 11.5 Å². The molecule has 1 aromatic rings. The lowest BCUT2D eigenvalue weighted by molar-refractivity contribution is 0.0983. The Kier molecular flexibility index (Phi) is 3.93. The molecule has 3 nitrogen and oxygen atoms in total. The summed E-state index contributed by atoms with van der Waals surface area (Å²) in [5.74, 6) is 0.838. The van der Waals surface area contributed by atoms with Crippen LogP contribution in [0.25, 0.3) is 0 Å². The fourth-order valence-electron chi connectivity index (χ4n) is 2.62. The smallest absolute Gasteiger partial charge is 0.180 e. The summed E-state index contributed by atoms with van der Waals surface area (Å²) in [6.45, 7) is 11.0. The number of ketones is 1. The molecule has 3 heteroatoms. The van der Waals surface area contributed by atoms with Crippen LogP contribution in [0.2, 0.25) is 0 Å². The van der Waals surface area contributed by atoms with Crippen molar-refractivity contribution in [2.24, 2.45) is 11.3 Å². The van der Waals surface area contributed by atoms with E-state index < -0.39 is 0 Å². The van der Waals surface area contributed by atoms with Gasteiger partial charge in [-0.25, -0.2) is 0 Å². The van der Waals surface area contributed by atoms with Gasteiger partial charge in [0.25, 0.3) is 0 Å². The van der Waals surface area contributed by atoms with Gasteiger partial charge in [0.1, 0.15) is 5.69 Å². The Morgan fingerprint density at radius 1 is 1.42 bits per heavy atom. The van der Waals surface area contributed by atoms with Crippen LogP contribution >= 0.6 is 0 Å². The van der Waals surface area contributed by atoms with Crippen molar-refractivity contribution in [3.05, 3.63) is 24.0 Å². The Balaban J connectivity index is 2.06. The fourth-order valence-corrected chi connectivity index (χ4v) is 2.62. The lowest BCUT2D eigenvalue weighted by atomic mass is 9.80. The van der Waals surface area contributed by atoms with E-state index in [-0.39, 0.29) is 5.78 Å². The Bertz CT molecular complexity index is 445. The van der Waals surface area contributed by atoms with E-state index >= 15 is 0 Å². The third-order valence-corrected chi connectivity index (χ3v) is 4.13. The van der Waals surface area contributed by atoms with Crippen LogP contribution in [-0.2, 0) is 0 Å². The van der Waals surface area contributed by atoms with Gasteiger partial charge in [0.15, 0.2) is 5.78 Å². The highest BCUT2D eigenvalue weighted by molar-refractivity contribution is 5.94. The number of hydrogen-bond donors (Lipinski definition) is 0. The number of Topliss-reactive ketones (excluding diaryl/α,β-unsaturated/α-hetero) is 1. The number of anilines is 1. The van der Waals surface area contributed by atoms with E-state index in [2.05, 4.69) is 30.7 Å². The van der Waals surface area contributed by atoms with Crippen LogP contribution in [0.4, 0.5) is 5.69 Å². The van der Waals surface area contributed by atoms with Gasteiger partial charge in [0.2, 0.25) is 0 Å². The van der Waals surface area contributed by atoms with Gasteiger partial charge in [0.05, 0.1) is 11.9 Å². The summed E-state index contributed by atoms with van der Waals surface area (Å²) in [4.78, 5) is 18.2. The molecule has 19 heavy (non-hydrogen) atoms. The van der Waals surface area contributed by atoms with E-state index in [9.17, 15) is 4.79 Å². The summed E-state index contributed by atoms with van der Waals surface area (Å²) in [6, 6.07) is 3.88. The molecule has 104 valence electrons. The average molecular weight is 260 g/mol. The van der Waals surface area contributed by atoms with Crippen LogP contribution < -0.4 is 4.90 Å². The number of rotatable bonds is 3. The molecule has 0 aliphatic carbocycles. The molecule has 0 spiro atoms. The SMILES string of the molecule is CCC(=O)c1ccc(N2CCC(C(C)(C)C)C2)cn1. The van der Waals surface area contributed by atoms with Gasteiger partial charge in [-0.15, -0.1) is 0 Å². The molecule has 2 heterocycles. The van der Waals surface area contributed by atoms with Gasteiger partial charge in [-0.2, -0.15) is 0 Å². The third-order valence-electron chi connectivity index (χ3n) is 4.13. The largest absolute Gasteiger partial charge is 0.370 e. The Labute approximate surface area is 116 Å². The molecule has 0 radical (unpaired) electrons. The Morgan fingerprint density at radius 3 is 2.63 bits per heavy atom. The second-order valence-corrected chi connectivity index (χ2v) is 6.48. The molecular weight excluding hydrogens is 236 g/mol. The van der Waals surface area contributed by atoms with E-state index in [0.717, 1.165) is 24.7 Å². The van der Waals surface area contributed by atoms with Crippen molar-refractivity contribution in [1.29, 1.82) is 0 Å². The van der Waals surface area contributed by atoms with E-state index in [1.807, 2.05) is 25.3 Å². The maximum Gasteiger partial charge on any atom is 0.180 e. The number of aromatic nitrogens is 1. The molecule has 1 aromatic heterocycles. The molecule has 2 rings (SSSR count). The van der Waals surface area contributed by atoms with Crippen molar-refractivity contribution < 1.29 is 4.79 Å². The summed E-state index contributed by atoms with van der Waals surface area (Å²) < 4.78 is 0. The van der Waals surface area contributed by atoms with E-state index in [1.54, 1.807) is 0 Å². The lowest BCUT2D eigenvalue weighted by Gasteiger charge is -2.27. The number of hydrogen-bond acceptors (Lipinski definition) is 3. The van der Waals surface area contributed by atoms with E-state index in [4.69, 9.17) is 0 Å². The maximum atomic E-state index is 11.6. The number of carbonyl (C=O) groups excluding carboxylic acids is 1. The number of pyridine rings is 1. The number of carbonyl (C=O) groups is 1. The summed E-state index contributed by atoms with van der Waals surface area (Å²) in [5.41, 5.74) is 2.08. The summed E-state index contributed by atoms with van der Waals surface area (Å²) >= 11 is 0. The van der Waals surface area contributed by atoms with E-state index in [1.165, 1.54) is 6.42 Å². The molecular formula is C16H24N2O. The van der Waals surface area contributed by atoms with Gasteiger partial charge in [-0.05, 0) is 29.9 Å². The quantitative estimate of drug-likeness (QED) is 0.779. The molecule has 1 fully saturated rings. The lowest BCUT2D eigenvalue weighted by Crippen LogP contribution is -2.25. The topological polar surface area (TPSA) is 33.2 Å². The highest BCUT2D eigenvalue weighted by Gasteiger charge is 2.31. The van der Waals surface area contributed by atoms with Gasteiger partial charge in [-0.3, -0.25) is 9.78 Å². The van der Waals surface area contributed by atoms with Crippen LogP contribution in [0, 0.1) is 11.3 Å². The molecule has 0 bridgehead atoms. The summed E-state index contributed by atoms with van der Waals surface area (Å²) in [5, 5.41) is 0. The van der Waals surface area contributed by atoms with Crippen LogP contribution in [0.5, 0.6) is 0 Å². The van der Waals surface area contributed by atoms with Crippen molar-refractivity contribution in [3.8, 4) is 0 Å². The third kappa shape index (κ3) is 3.14. The van der Waals surface area contributed by atoms with Crippen molar-refractivity contribution in [2.75, 3.05) is 18.0 Å². The molecule has 1 unspecified atom stereocenters. The predicted octanol–water partition coefficient (Wildman–Crippen LogP) is 3.55. The number of nitrogens with zero attached hydrogens (tertiary/aromatic N) is 2. The van der Waals surface area contributed by atoms with Crippen molar-refractivity contribution in [2.45, 2.75) is 40.5 Å². The minimum absolute atomic E-state index is 0.112. The second kappa shape index (κ2) is 5.32. The monoisotopic (exact) mass is 260 g/mol. The second-order valence-electron chi connectivity index (χ2n) is 6.48. The zero-order valence-corrected chi connectivity index (χ0v) is 12.4. The highest BCUT2D eigenvalue weighted by atomic mass is 16.1. The molecule has 0 saturated carbocycles. The van der Waals surface area contributed by atoms with Crippen LogP contribution in [0.15, 0.2) is 18.3 Å². The summed E-state index contributed by atoms with van der Waals surface area (Å²) in [6.07, 6.45) is 3.59. The van der Waals surface area contributed by atoms with Crippen LogP contribution in [-0.4, -0.2) is 23.9 Å². The first-order valence-corrected chi connectivity index (χ1v) is 7.16. The normalized spacial score (nSPS) is 19.8.